The number of nitrogens with one attached hydrogen (secondary N) is 1. The summed E-state index contributed by atoms with van der Waals surface area (Å²) in [6.07, 6.45) is 9.83. The number of carboxylic acids is 1. The van der Waals surface area contributed by atoms with Gasteiger partial charge in [-0.3, -0.25) is 19.6 Å². The van der Waals surface area contributed by atoms with Gasteiger partial charge < -0.3 is 9.84 Å². The van der Waals surface area contributed by atoms with E-state index in [1.807, 2.05) is 13.8 Å². The van der Waals surface area contributed by atoms with Crippen LogP contribution in [0, 0.1) is 62.1 Å². The Kier molecular flexibility index (Phi) is 8.25. The van der Waals surface area contributed by atoms with Gasteiger partial charge in [-0.05, 0) is 122 Å². The van der Waals surface area contributed by atoms with E-state index in [0.29, 0.717) is 23.7 Å². The highest BCUT2D eigenvalue weighted by molar-refractivity contribution is 5.82. The van der Waals surface area contributed by atoms with E-state index in [0.717, 1.165) is 64.2 Å². The van der Waals surface area contributed by atoms with Crippen LogP contribution in [0.3, 0.4) is 0 Å². The molecule has 1 amide bonds. The zero-order valence-electron chi connectivity index (χ0n) is 28.7. The maximum atomic E-state index is 13.4. The molecule has 4 unspecified atom stereocenters. The summed E-state index contributed by atoms with van der Waals surface area (Å²) in [5.41, 5.74) is 2.28. The van der Waals surface area contributed by atoms with Crippen LogP contribution >= 0.6 is 0 Å². The Bertz CT molecular complexity index is 1210. The molecular weight excluding hydrogens is 554 g/mol. The number of hydroxylamine groups is 1. The van der Waals surface area contributed by atoms with E-state index in [4.69, 9.17) is 4.74 Å². The third-order valence-electron chi connectivity index (χ3n) is 15.1. The van der Waals surface area contributed by atoms with E-state index in [1.54, 1.807) is 0 Å². The summed E-state index contributed by atoms with van der Waals surface area (Å²) in [5.74, 6) is 0.547. The molecule has 248 valence electrons. The lowest BCUT2D eigenvalue weighted by molar-refractivity contribution is -0.249. The normalized spacial score (nSPS) is 44.3. The highest BCUT2D eigenvalue weighted by Gasteiger charge is 2.72. The Labute approximate surface area is 265 Å². The van der Waals surface area contributed by atoms with Crippen molar-refractivity contribution >= 4 is 17.8 Å². The van der Waals surface area contributed by atoms with Crippen LogP contribution in [0.2, 0.25) is 0 Å². The molecule has 3 N–H and O–H groups in total. The summed E-state index contributed by atoms with van der Waals surface area (Å²) in [7, 11) is 0. The summed E-state index contributed by atoms with van der Waals surface area (Å²) in [5, 5.41) is 19.1. The SMILES string of the molecule is C=C(C)C1CC[C@]2(C(=O)NO)CC[C@]3(C)[C@H](CCC4[C@@]5(C)CC[C@H](OC(=O)CC(C)(C)CC(=O)O)C(C)(C)C5CC[C@]43C)C12. The standard InChI is InChI=1S/C37H59NO6/c1-22(2)23-12-17-37(31(42)38-43)19-18-35(8)24(30(23)37)10-11-26-34(7)15-14-27(33(5,6)25(34)13-16-36(26,35)9)44-29(41)21-32(3,4)20-28(39)40/h23-27,30,43H,1,10-21H2,2-9H3,(H,38,42)(H,39,40)/t23?,24-,25?,26?,27+,30?,34+,35-,36-,37+/m1/s1. The minimum absolute atomic E-state index is 0.0589. The van der Waals surface area contributed by atoms with E-state index in [1.165, 1.54) is 5.57 Å². The number of carboxylic acid groups (broad SMARTS) is 1. The Morgan fingerprint density at radius 2 is 1.55 bits per heavy atom. The molecule has 5 aliphatic carbocycles. The van der Waals surface area contributed by atoms with Crippen molar-refractivity contribution < 1.29 is 29.4 Å². The number of amides is 1. The number of allylic oxidation sites excluding steroid dienone is 1. The number of carbonyl (C=O) groups excluding carboxylic acids is 2. The van der Waals surface area contributed by atoms with Crippen LogP contribution in [-0.4, -0.2) is 34.3 Å². The molecule has 5 fully saturated rings. The van der Waals surface area contributed by atoms with Gasteiger partial charge in [0, 0.05) is 5.41 Å². The first-order valence-corrected chi connectivity index (χ1v) is 17.3. The maximum Gasteiger partial charge on any atom is 0.306 e. The van der Waals surface area contributed by atoms with Crippen molar-refractivity contribution in [2.75, 3.05) is 0 Å². The van der Waals surface area contributed by atoms with Gasteiger partial charge >= 0.3 is 11.9 Å². The largest absolute Gasteiger partial charge is 0.481 e. The van der Waals surface area contributed by atoms with Crippen LogP contribution in [0.4, 0.5) is 0 Å². The number of ether oxygens (including phenoxy) is 1. The van der Waals surface area contributed by atoms with Crippen LogP contribution < -0.4 is 5.48 Å². The van der Waals surface area contributed by atoms with Crippen molar-refractivity contribution in [1.82, 2.24) is 5.48 Å². The Morgan fingerprint density at radius 3 is 2.16 bits per heavy atom. The number of fused-ring (bicyclic) bond motifs is 7. The number of hydrogen-bond donors (Lipinski definition) is 3. The average Bonchev–Trinajstić information content (AvgIpc) is 3.30. The first-order chi connectivity index (χ1) is 20.3. The molecule has 44 heavy (non-hydrogen) atoms. The van der Waals surface area contributed by atoms with Crippen molar-refractivity contribution in [3.05, 3.63) is 12.2 Å². The lowest BCUT2D eigenvalue weighted by atomic mass is 9.32. The molecule has 5 rings (SSSR count). The number of carbonyl (C=O) groups is 3. The molecule has 0 aliphatic heterocycles. The first kappa shape index (κ1) is 33.5. The third-order valence-corrected chi connectivity index (χ3v) is 15.1. The smallest absolute Gasteiger partial charge is 0.306 e. The van der Waals surface area contributed by atoms with E-state index in [-0.39, 0.29) is 58.4 Å². The first-order valence-electron chi connectivity index (χ1n) is 17.3. The summed E-state index contributed by atoms with van der Waals surface area (Å²) in [6, 6.07) is 0. The number of hydrogen-bond acceptors (Lipinski definition) is 5. The zero-order chi connectivity index (χ0) is 32.7. The van der Waals surface area contributed by atoms with E-state index in [9.17, 15) is 24.7 Å². The fourth-order valence-corrected chi connectivity index (χ4v) is 12.9. The molecule has 0 heterocycles. The molecule has 0 aromatic heterocycles. The van der Waals surface area contributed by atoms with Crippen molar-refractivity contribution in [1.29, 1.82) is 0 Å². The minimum atomic E-state index is -0.895. The van der Waals surface area contributed by atoms with E-state index in [2.05, 4.69) is 53.6 Å². The van der Waals surface area contributed by atoms with Crippen LogP contribution in [0.25, 0.3) is 0 Å². The average molecular weight is 614 g/mol. The minimum Gasteiger partial charge on any atom is -0.481 e. The predicted octanol–water partition coefficient (Wildman–Crippen LogP) is 7.95. The second-order valence-electron chi connectivity index (χ2n) is 18.0. The number of rotatable bonds is 7. The van der Waals surface area contributed by atoms with Gasteiger partial charge in [-0.25, -0.2) is 5.48 Å². The van der Waals surface area contributed by atoms with Gasteiger partial charge in [0.15, 0.2) is 0 Å². The monoisotopic (exact) mass is 613 g/mol. The van der Waals surface area contributed by atoms with E-state index >= 15 is 0 Å². The molecule has 5 aliphatic rings. The summed E-state index contributed by atoms with van der Waals surface area (Å²) in [4.78, 5) is 37.8. The van der Waals surface area contributed by atoms with Crippen molar-refractivity contribution in [2.45, 2.75) is 139 Å². The van der Waals surface area contributed by atoms with Crippen LogP contribution in [0.1, 0.15) is 132 Å². The quantitative estimate of drug-likeness (QED) is 0.116. The van der Waals surface area contributed by atoms with Gasteiger partial charge in [-0.1, -0.05) is 60.6 Å². The second-order valence-corrected chi connectivity index (χ2v) is 18.0. The highest BCUT2D eigenvalue weighted by atomic mass is 16.5. The van der Waals surface area contributed by atoms with Crippen molar-refractivity contribution in [3.8, 4) is 0 Å². The van der Waals surface area contributed by atoms with Crippen LogP contribution in [0.15, 0.2) is 12.2 Å². The maximum absolute atomic E-state index is 13.4. The van der Waals surface area contributed by atoms with Gasteiger partial charge in [-0.2, -0.15) is 0 Å². The predicted molar refractivity (Wildman–Crippen MR) is 169 cm³/mol. The Morgan fingerprint density at radius 1 is 0.864 bits per heavy atom. The Balaban J connectivity index is 1.40. The Hall–Kier alpha value is -1.89. The summed E-state index contributed by atoms with van der Waals surface area (Å²) in [6.45, 7) is 22.4. The van der Waals surface area contributed by atoms with Gasteiger partial charge in [-0.15, -0.1) is 0 Å². The van der Waals surface area contributed by atoms with Gasteiger partial charge in [0.2, 0.25) is 5.91 Å². The molecular formula is C37H59NO6. The molecule has 0 spiro atoms. The molecule has 5 saturated carbocycles. The molecule has 7 nitrogen and oxygen atoms in total. The summed E-state index contributed by atoms with van der Waals surface area (Å²) < 4.78 is 6.21. The molecule has 10 atom stereocenters. The number of esters is 1. The number of aliphatic carboxylic acids is 1. The second kappa shape index (κ2) is 10.8. The van der Waals surface area contributed by atoms with Crippen LogP contribution in [-0.2, 0) is 19.1 Å². The van der Waals surface area contributed by atoms with E-state index < -0.39 is 16.8 Å². The fraction of sp³-hybridized carbons (Fsp3) is 0.865. The van der Waals surface area contributed by atoms with Gasteiger partial charge in [0.1, 0.15) is 6.10 Å². The molecule has 0 radical (unpaired) electrons. The molecule has 0 aromatic rings. The molecule has 7 heteroatoms. The topological polar surface area (TPSA) is 113 Å². The molecule has 0 aromatic carbocycles. The van der Waals surface area contributed by atoms with Gasteiger partial charge in [0.25, 0.3) is 0 Å². The fourth-order valence-electron chi connectivity index (χ4n) is 12.9. The zero-order valence-corrected chi connectivity index (χ0v) is 28.7. The molecule has 0 bridgehead atoms. The summed E-state index contributed by atoms with van der Waals surface area (Å²) >= 11 is 0. The van der Waals surface area contributed by atoms with Crippen LogP contribution in [0.5, 0.6) is 0 Å². The molecule has 0 saturated heterocycles. The van der Waals surface area contributed by atoms with Gasteiger partial charge in [0.05, 0.1) is 18.3 Å². The highest BCUT2D eigenvalue weighted by Crippen LogP contribution is 2.77. The lowest BCUT2D eigenvalue weighted by Gasteiger charge is -2.72. The lowest BCUT2D eigenvalue weighted by Crippen LogP contribution is -2.67. The van der Waals surface area contributed by atoms with Crippen molar-refractivity contribution in [3.63, 3.8) is 0 Å². The van der Waals surface area contributed by atoms with Crippen molar-refractivity contribution in [2.24, 2.45) is 62.1 Å². The third kappa shape index (κ3) is 4.80.